The summed E-state index contributed by atoms with van der Waals surface area (Å²) in [6, 6.07) is 8.98. The van der Waals surface area contributed by atoms with Crippen LogP contribution in [0.5, 0.6) is 0 Å². The van der Waals surface area contributed by atoms with Gasteiger partial charge in [0, 0.05) is 6.20 Å². The van der Waals surface area contributed by atoms with Gasteiger partial charge in [0.15, 0.2) is 0 Å². The maximum Gasteiger partial charge on any atom is 0.239 e. The largest absolute Gasteiger partial charge is 0.324 e. The first-order valence-corrected chi connectivity index (χ1v) is 8.74. The highest BCUT2D eigenvalue weighted by Gasteiger charge is 2.14. The van der Waals surface area contributed by atoms with Crippen LogP contribution in [0.2, 0.25) is 0 Å². The van der Waals surface area contributed by atoms with Crippen molar-refractivity contribution in [2.24, 2.45) is 0 Å². The predicted molar refractivity (Wildman–Crippen MR) is 89.4 cm³/mol. The van der Waals surface area contributed by atoms with Crippen LogP contribution in [-0.2, 0) is 20.6 Å². The normalized spacial score (nSPS) is 11.2. The Balaban J connectivity index is 1.92. The van der Waals surface area contributed by atoms with Crippen LogP contribution in [0.15, 0.2) is 42.7 Å². The van der Waals surface area contributed by atoms with E-state index in [-0.39, 0.29) is 12.3 Å². The van der Waals surface area contributed by atoms with Gasteiger partial charge in [-0.3, -0.25) is 9.78 Å². The fraction of sp³-hybridized carbons (Fsp3) is 0.250. The molecule has 1 aromatic heterocycles. The zero-order chi connectivity index (χ0) is 16.9. The summed E-state index contributed by atoms with van der Waals surface area (Å²) in [7, 11) is -3.58. The van der Waals surface area contributed by atoms with Gasteiger partial charge in [-0.1, -0.05) is 29.3 Å². The molecule has 0 bridgehead atoms. The molecular weight excluding hydrogens is 314 g/mol. The molecule has 0 aliphatic rings. The molecule has 0 atom stereocenters. The minimum Gasteiger partial charge on any atom is -0.324 e. The Kier molecular flexibility index (Phi) is 5.46. The van der Waals surface area contributed by atoms with Gasteiger partial charge in [-0.2, -0.15) is 0 Å². The van der Waals surface area contributed by atoms with Crippen molar-refractivity contribution < 1.29 is 13.2 Å². The average molecular weight is 333 g/mol. The summed E-state index contributed by atoms with van der Waals surface area (Å²) in [6.07, 6.45) is 3.07. The number of rotatable bonds is 6. The lowest BCUT2D eigenvalue weighted by atomic mass is 10.1. The lowest BCUT2D eigenvalue weighted by Crippen LogP contribution is -2.33. The van der Waals surface area contributed by atoms with E-state index in [1.54, 1.807) is 18.3 Å². The van der Waals surface area contributed by atoms with Crippen LogP contribution in [0, 0.1) is 13.8 Å². The molecule has 2 rings (SSSR count). The van der Waals surface area contributed by atoms with E-state index >= 15 is 0 Å². The van der Waals surface area contributed by atoms with Gasteiger partial charge in [-0.05, 0) is 31.5 Å². The van der Waals surface area contributed by atoms with Crippen LogP contribution < -0.4 is 10.0 Å². The molecule has 6 nitrogen and oxygen atoms in total. The van der Waals surface area contributed by atoms with Gasteiger partial charge < -0.3 is 5.32 Å². The van der Waals surface area contributed by atoms with Gasteiger partial charge in [0.05, 0.1) is 24.2 Å². The first-order valence-electron chi connectivity index (χ1n) is 7.08. The van der Waals surface area contributed by atoms with E-state index < -0.39 is 15.9 Å². The zero-order valence-corrected chi connectivity index (χ0v) is 13.9. The monoisotopic (exact) mass is 333 g/mol. The molecule has 1 heterocycles. The second kappa shape index (κ2) is 7.34. The summed E-state index contributed by atoms with van der Waals surface area (Å²) in [4.78, 5) is 15.6. The Bertz CT molecular complexity index is 769. The summed E-state index contributed by atoms with van der Waals surface area (Å²) in [5.74, 6) is -0.600. The number of aromatic nitrogens is 1. The molecule has 2 aromatic rings. The highest BCUT2D eigenvalue weighted by molar-refractivity contribution is 7.88. The molecule has 0 spiro atoms. The zero-order valence-electron chi connectivity index (χ0n) is 13.0. The standard InChI is InChI=1S/C16H19N3O3S/c1-12-6-13(2)8-14(7-12)11-23(21,22)18-10-16(20)19-15-4-3-5-17-9-15/h3-9,18H,10-11H2,1-2H3,(H,19,20). The number of hydrogen-bond donors (Lipinski definition) is 2. The molecule has 0 aliphatic heterocycles. The molecule has 7 heteroatoms. The van der Waals surface area contributed by atoms with Crippen molar-refractivity contribution >= 4 is 21.6 Å². The number of benzene rings is 1. The van der Waals surface area contributed by atoms with Gasteiger partial charge in [0.25, 0.3) is 0 Å². The lowest BCUT2D eigenvalue weighted by Gasteiger charge is -2.09. The second-order valence-corrected chi connectivity index (χ2v) is 7.17. The molecule has 0 aliphatic carbocycles. The molecule has 23 heavy (non-hydrogen) atoms. The second-order valence-electron chi connectivity index (χ2n) is 5.37. The van der Waals surface area contributed by atoms with Crippen LogP contribution in [-0.4, -0.2) is 25.9 Å². The van der Waals surface area contributed by atoms with Crippen LogP contribution >= 0.6 is 0 Å². The van der Waals surface area contributed by atoms with Crippen molar-refractivity contribution in [3.8, 4) is 0 Å². The maximum absolute atomic E-state index is 12.1. The first-order chi connectivity index (χ1) is 10.8. The third kappa shape index (κ3) is 5.80. The molecule has 2 N–H and O–H groups in total. The molecule has 0 fully saturated rings. The highest BCUT2D eigenvalue weighted by Crippen LogP contribution is 2.11. The highest BCUT2D eigenvalue weighted by atomic mass is 32.2. The van der Waals surface area contributed by atoms with Crippen molar-refractivity contribution in [3.63, 3.8) is 0 Å². The van der Waals surface area contributed by atoms with Crippen LogP contribution in [0.1, 0.15) is 16.7 Å². The molecule has 0 saturated heterocycles. The van der Waals surface area contributed by atoms with Gasteiger partial charge in [-0.25, -0.2) is 13.1 Å². The summed E-state index contributed by atoms with van der Waals surface area (Å²) in [5, 5.41) is 2.57. The molecular formula is C16H19N3O3S. The van der Waals surface area contributed by atoms with E-state index in [0.717, 1.165) is 11.1 Å². The first kappa shape index (κ1) is 17.1. The van der Waals surface area contributed by atoms with Crippen LogP contribution in [0.3, 0.4) is 0 Å². The number of pyridine rings is 1. The fourth-order valence-corrected chi connectivity index (χ4v) is 3.30. The lowest BCUT2D eigenvalue weighted by molar-refractivity contribution is -0.115. The molecule has 122 valence electrons. The molecule has 0 saturated carbocycles. The van der Waals surface area contributed by atoms with Gasteiger partial charge >= 0.3 is 0 Å². The summed E-state index contributed by atoms with van der Waals surface area (Å²) < 4.78 is 26.5. The molecule has 0 radical (unpaired) electrons. The number of nitrogens with one attached hydrogen (secondary N) is 2. The van der Waals surface area contributed by atoms with Crippen molar-refractivity contribution in [3.05, 3.63) is 59.4 Å². The van der Waals surface area contributed by atoms with E-state index in [4.69, 9.17) is 0 Å². The average Bonchev–Trinajstić information content (AvgIpc) is 2.45. The number of amides is 1. The number of hydrogen-bond acceptors (Lipinski definition) is 4. The van der Waals surface area contributed by atoms with Crippen molar-refractivity contribution in [2.75, 3.05) is 11.9 Å². The van der Waals surface area contributed by atoms with E-state index in [9.17, 15) is 13.2 Å². The quantitative estimate of drug-likeness (QED) is 0.843. The number of carbonyl (C=O) groups excluding carboxylic acids is 1. The summed E-state index contributed by atoms with van der Waals surface area (Å²) >= 11 is 0. The minimum atomic E-state index is -3.58. The number of carbonyl (C=O) groups is 1. The number of nitrogens with zero attached hydrogens (tertiary/aromatic N) is 1. The maximum atomic E-state index is 12.1. The van der Waals surface area contributed by atoms with Gasteiger partial charge in [0.2, 0.25) is 15.9 Å². The molecule has 0 unspecified atom stereocenters. The van der Waals surface area contributed by atoms with Gasteiger partial charge in [0.1, 0.15) is 0 Å². The van der Waals surface area contributed by atoms with Crippen LogP contribution in [0.4, 0.5) is 5.69 Å². The van der Waals surface area contributed by atoms with Crippen molar-refractivity contribution in [1.82, 2.24) is 9.71 Å². The van der Waals surface area contributed by atoms with E-state index in [1.807, 2.05) is 32.0 Å². The summed E-state index contributed by atoms with van der Waals surface area (Å²) in [6.45, 7) is 3.51. The Hall–Kier alpha value is -2.25. The minimum absolute atomic E-state index is 0.157. The van der Waals surface area contributed by atoms with Gasteiger partial charge in [-0.15, -0.1) is 0 Å². The topological polar surface area (TPSA) is 88.2 Å². The van der Waals surface area contributed by atoms with Crippen molar-refractivity contribution in [2.45, 2.75) is 19.6 Å². The third-order valence-electron chi connectivity index (χ3n) is 3.04. The fourth-order valence-electron chi connectivity index (χ4n) is 2.24. The number of anilines is 1. The van der Waals surface area contributed by atoms with E-state index in [0.29, 0.717) is 11.3 Å². The molecule has 1 amide bonds. The predicted octanol–water partition coefficient (Wildman–Crippen LogP) is 1.76. The molecule has 1 aromatic carbocycles. The van der Waals surface area contributed by atoms with E-state index in [2.05, 4.69) is 15.0 Å². The Morgan fingerprint density at radius 2 is 1.87 bits per heavy atom. The van der Waals surface area contributed by atoms with E-state index in [1.165, 1.54) is 6.20 Å². The Morgan fingerprint density at radius 1 is 1.17 bits per heavy atom. The third-order valence-corrected chi connectivity index (χ3v) is 4.33. The number of sulfonamides is 1. The SMILES string of the molecule is Cc1cc(C)cc(CS(=O)(=O)NCC(=O)Nc2cccnc2)c1. The Morgan fingerprint density at radius 3 is 2.48 bits per heavy atom. The van der Waals surface area contributed by atoms with Crippen LogP contribution in [0.25, 0.3) is 0 Å². The summed E-state index contributed by atoms with van der Waals surface area (Å²) in [5.41, 5.74) is 3.22. The smallest absolute Gasteiger partial charge is 0.239 e. The Labute approximate surface area is 136 Å². The number of aryl methyl sites for hydroxylation is 2. The van der Waals surface area contributed by atoms with Crippen molar-refractivity contribution in [1.29, 1.82) is 0 Å².